The van der Waals surface area contributed by atoms with Crippen LogP contribution >= 0.6 is 0 Å². The molecule has 21 heavy (non-hydrogen) atoms. The van der Waals surface area contributed by atoms with E-state index < -0.39 is 0 Å². The number of fused-ring (bicyclic) bond motifs is 1. The second-order valence-electron chi connectivity index (χ2n) is 5.02. The Balaban J connectivity index is 2.06. The maximum absolute atomic E-state index is 6.47. The maximum Gasteiger partial charge on any atom is 0.127 e. The van der Waals surface area contributed by atoms with E-state index in [0.29, 0.717) is 6.61 Å². The van der Waals surface area contributed by atoms with Crippen LogP contribution < -0.4 is 19.9 Å². The van der Waals surface area contributed by atoms with Crippen LogP contribution in [-0.2, 0) is 6.42 Å². The Morgan fingerprint density at radius 3 is 2.71 bits per heavy atom. The molecule has 0 spiro atoms. The van der Waals surface area contributed by atoms with Crippen LogP contribution in [0.5, 0.6) is 17.2 Å². The van der Waals surface area contributed by atoms with Crippen molar-refractivity contribution in [3.05, 3.63) is 53.1 Å². The number of methoxy groups -OCH3 is 2. The summed E-state index contributed by atoms with van der Waals surface area (Å²) in [6.07, 6.45) is 0.936. The van der Waals surface area contributed by atoms with Crippen LogP contribution in [0.25, 0.3) is 0 Å². The molecule has 2 aromatic rings. The lowest BCUT2D eigenvalue weighted by atomic mass is 9.95. The molecular formula is C17H19NO3. The van der Waals surface area contributed by atoms with Crippen LogP contribution in [0.4, 0.5) is 0 Å². The first-order chi connectivity index (χ1) is 10.2. The lowest BCUT2D eigenvalue weighted by Gasteiger charge is -2.19. The summed E-state index contributed by atoms with van der Waals surface area (Å²) in [5, 5.41) is 0. The van der Waals surface area contributed by atoms with Gasteiger partial charge in [-0.25, -0.2) is 0 Å². The maximum atomic E-state index is 6.47. The summed E-state index contributed by atoms with van der Waals surface area (Å²) in [5.41, 5.74) is 9.56. The predicted octanol–water partition coefficient (Wildman–Crippen LogP) is 2.69. The molecule has 1 atom stereocenters. The smallest absolute Gasteiger partial charge is 0.127 e. The summed E-state index contributed by atoms with van der Waals surface area (Å²) in [4.78, 5) is 0. The number of nitrogens with two attached hydrogens (primary N) is 1. The van der Waals surface area contributed by atoms with E-state index in [1.165, 1.54) is 5.56 Å². The van der Waals surface area contributed by atoms with E-state index in [1.807, 2.05) is 30.3 Å². The molecule has 0 fully saturated rings. The van der Waals surface area contributed by atoms with Crippen LogP contribution in [-0.4, -0.2) is 20.8 Å². The van der Waals surface area contributed by atoms with Crippen molar-refractivity contribution in [3.8, 4) is 17.2 Å². The molecule has 1 heterocycles. The van der Waals surface area contributed by atoms with Crippen molar-refractivity contribution >= 4 is 0 Å². The van der Waals surface area contributed by atoms with Gasteiger partial charge in [0.2, 0.25) is 0 Å². The van der Waals surface area contributed by atoms with E-state index in [9.17, 15) is 0 Å². The summed E-state index contributed by atoms with van der Waals surface area (Å²) in [6, 6.07) is 11.4. The minimum Gasteiger partial charge on any atom is -0.497 e. The lowest BCUT2D eigenvalue weighted by molar-refractivity contribution is 0.351. The van der Waals surface area contributed by atoms with E-state index in [0.717, 1.165) is 34.8 Å². The zero-order valence-corrected chi connectivity index (χ0v) is 12.3. The van der Waals surface area contributed by atoms with E-state index in [-0.39, 0.29) is 6.04 Å². The largest absolute Gasteiger partial charge is 0.497 e. The highest BCUT2D eigenvalue weighted by molar-refractivity contribution is 5.52. The average Bonchev–Trinajstić information content (AvgIpc) is 3.02. The summed E-state index contributed by atoms with van der Waals surface area (Å²) in [6.45, 7) is 0.717. The SMILES string of the molecule is COc1ccc(OC)c(C(N)c2cccc3c2OCC3)c1. The van der Waals surface area contributed by atoms with Gasteiger partial charge in [-0.3, -0.25) is 0 Å². The van der Waals surface area contributed by atoms with Crippen LogP contribution in [0.2, 0.25) is 0 Å². The van der Waals surface area contributed by atoms with E-state index in [4.69, 9.17) is 19.9 Å². The van der Waals surface area contributed by atoms with E-state index in [1.54, 1.807) is 14.2 Å². The number of rotatable bonds is 4. The fourth-order valence-corrected chi connectivity index (χ4v) is 2.74. The first kappa shape index (κ1) is 13.8. The van der Waals surface area contributed by atoms with Gasteiger partial charge < -0.3 is 19.9 Å². The van der Waals surface area contributed by atoms with Gasteiger partial charge in [0.1, 0.15) is 17.2 Å². The van der Waals surface area contributed by atoms with Crippen LogP contribution in [0, 0.1) is 0 Å². The molecule has 0 bridgehead atoms. The Hall–Kier alpha value is -2.20. The van der Waals surface area contributed by atoms with Gasteiger partial charge in [-0.1, -0.05) is 18.2 Å². The highest BCUT2D eigenvalue weighted by Gasteiger charge is 2.23. The normalized spacial score (nSPS) is 14.2. The Bertz CT molecular complexity index is 654. The molecule has 0 saturated carbocycles. The highest BCUT2D eigenvalue weighted by Crippen LogP contribution is 2.38. The van der Waals surface area contributed by atoms with Gasteiger partial charge in [-0.2, -0.15) is 0 Å². The summed E-state index contributed by atoms with van der Waals surface area (Å²) in [7, 11) is 3.28. The first-order valence-electron chi connectivity index (χ1n) is 6.96. The summed E-state index contributed by atoms with van der Waals surface area (Å²) >= 11 is 0. The van der Waals surface area contributed by atoms with Crippen LogP contribution in [0.15, 0.2) is 36.4 Å². The molecule has 1 aliphatic heterocycles. The molecule has 0 radical (unpaired) electrons. The van der Waals surface area contributed by atoms with Crippen molar-refractivity contribution < 1.29 is 14.2 Å². The Morgan fingerprint density at radius 2 is 1.95 bits per heavy atom. The standard InChI is InChI=1S/C17H19NO3/c1-19-12-6-7-15(20-2)14(10-12)16(18)13-5-3-4-11-8-9-21-17(11)13/h3-7,10,16H,8-9,18H2,1-2H3. The van der Waals surface area contributed by atoms with Crippen LogP contribution in [0.3, 0.4) is 0 Å². The van der Waals surface area contributed by atoms with Crippen molar-refractivity contribution in [2.45, 2.75) is 12.5 Å². The minimum atomic E-state index is -0.317. The number of ether oxygens (including phenoxy) is 3. The molecule has 1 aliphatic rings. The summed E-state index contributed by atoms with van der Waals surface area (Å²) in [5.74, 6) is 2.42. The zero-order valence-electron chi connectivity index (χ0n) is 12.3. The molecule has 3 rings (SSSR count). The fraction of sp³-hybridized carbons (Fsp3) is 0.294. The minimum absolute atomic E-state index is 0.317. The van der Waals surface area contributed by atoms with Gasteiger partial charge in [-0.15, -0.1) is 0 Å². The van der Waals surface area contributed by atoms with Gasteiger partial charge in [0, 0.05) is 17.5 Å². The zero-order chi connectivity index (χ0) is 14.8. The number of para-hydroxylation sites is 1. The molecule has 4 heteroatoms. The lowest BCUT2D eigenvalue weighted by Crippen LogP contribution is -2.14. The van der Waals surface area contributed by atoms with Crippen molar-refractivity contribution in [1.82, 2.24) is 0 Å². The third kappa shape index (κ3) is 2.43. The van der Waals surface area contributed by atoms with E-state index in [2.05, 4.69) is 6.07 Å². The van der Waals surface area contributed by atoms with E-state index >= 15 is 0 Å². The molecule has 110 valence electrons. The van der Waals surface area contributed by atoms with Crippen molar-refractivity contribution in [2.75, 3.05) is 20.8 Å². The van der Waals surface area contributed by atoms with Crippen molar-refractivity contribution in [2.24, 2.45) is 5.73 Å². The first-order valence-corrected chi connectivity index (χ1v) is 6.96. The number of hydrogen-bond acceptors (Lipinski definition) is 4. The third-order valence-corrected chi connectivity index (χ3v) is 3.85. The van der Waals surface area contributed by atoms with Gasteiger partial charge in [0.15, 0.2) is 0 Å². The van der Waals surface area contributed by atoms with Gasteiger partial charge >= 0.3 is 0 Å². The molecule has 0 saturated heterocycles. The molecule has 2 N–H and O–H groups in total. The van der Waals surface area contributed by atoms with Crippen molar-refractivity contribution in [3.63, 3.8) is 0 Å². The Kier molecular flexibility index (Phi) is 3.71. The van der Waals surface area contributed by atoms with Gasteiger partial charge in [0.25, 0.3) is 0 Å². The Labute approximate surface area is 124 Å². The Morgan fingerprint density at radius 1 is 1.10 bits per heavy atom. The molecular weight excluding hydrogens is 266 g/mol. The molecule has 1 unspecified atom stereocenters. The van der Waals surface area contributed by atoms with Crippen LogP contribution in [0.1, 0.15) is 22.7 Å². The molecule has 0 aliphatic carbocycles. The molecule has 2 aromatic carbocycles. The highest BCUT2D eigenvalue weighted by atomic mass is 16.5. The van der Waals surface area contributed by atoms with Gasteiger partial charge in [-0.05, 0) is 23.8 Å². The fourth-order valence-electron chi connectivity index (χ4n) is 2.74. The molecule has 4 nitrogen and oxygen atoms in total. The second kappa shape index (κ2) is 5.66. The molecule has 0 amide bonds. The monoisotopic (exact) mass is 285 g/mol. The number of benzene rings is 2. The topological polar surface area (TPSA) is 53.7 Å². The molecule has 0 aromatic heterocycles. The van der Waals surface area contributed by atoms with Crippen molar-refractivity contribution in [1.29, 1.82) is 0 Å². The van der Waals surface area contributed by atoms with Gasteiger partial charge in [0.05, 0.1) is 26.9 Å². The quantitative estimate of drug-likeness (QED) is 0.938. The second-order valence-corrected chi connectivity index (χ2v) is 5.02. The number of hydrogen-bond donors (Lipinski definition) is 1. The average molecular weight is 285 g/mol. The summed E-state index contributed by atoms with van der Waals surface area (Å²) < 4.78 is 16.5. The predicted molar refractivity (Wildman–Crippen MR) is 81.2 cm³/mol. The third-order valence-electron chi connectivity index (χ3n) is 3.85.